The molecule has 0 unspecified atom stereocenters. The van der Waals surface area contributed by atoms with Crippen molar-refractivity contribution in [3.8, 4) is 0 Å². The lowest BCUT2D eigenvalue weighted by Crippen LogP contribution is -2.28. The van der Waals surface area contributed by atoms with Crippen LogP contribution in [-0.2, 0) is 23.2 Å². The number of aromatic nitrogens is 1. The number of hydrogen-bond acceptors (Lipinski definition) is 1. The molecule has 1 aliphatic rings. The van der Waals surface area contributed by atoms with Crippen molar-refractivity contribution < 1.29 is 9.90 Å². The Kier molecular flexibility index (Phi) is 2.27. The van der Waals surface area contributed by atoms with Gasteiger partial charge in [-0.2, -0.15) is 0 Å². The first kappa shape index (κ1) is 11.3. The van der Waals surface area contributed by atoms with Crippen molar-refractivity contribution >= 4 is 16.9 Å². The van der Waals surface area contributed by atoms with Crippen molar-refractivity contribution in [2.45, 2.75) is 38.6 Å². The molecule has 3 heteroatoms. The van der Waals surface area contributed by atoms with Gasteiger partial charge in [0.15, 0.2) is 0 Å². The molecule has 0 amide bonds. The number of aliphatic carboxylic acids is 1. The molecule has 1 aliphatic heterocycles. The van der Waals surface area contributed by atoms with Crippen LogP contribution in [0.2, 0.25) is 0 Å². The number of benzene rings is 1. The first-order chi connectivity index (χ1) is 8.51. The van der Waals surface area contributed by atoms with E-state index in [0.29, 0.717) is 0 Å². The number of hydrogen-bond donors (Lipinski definition) is 1. The predicted molar refractivity (Wildman–Crippen MR) is 70.9 cm³/mol. The Hall–Kier alpha value is -1.77. The van der Waals surface area contributed by atoms with E-state index in [2.05, 4.69) is 10.6 Å². The molecule has 3 nitrogen and oxygen atoms in total. The third kappa shape index (κ3) is 1.40. The third-order valence-corrected chi connectivity index (χ3v) is 4.04. The third-order valence-electron chi connectivity index (χ3n) is 4.04. The van der Waals surface area contributed by atoms with Crippen LogP contribution in [0.25, 0.3) is 10.9 Å². The Balaban J connectivity index is 2.34. The van der Waals surface area contributed by atoms with E-state index in [9.17, 15) is 9.90 Å². The Morgan fingerprint density at radius 2 is 2.17 bits per heavy atom. The first-order valence-electron chi connectivity index (χ1n) is 6.36. The molecule has 0 radical (unpaired) electrons. The minimum Gasteiger partial charge on any atom is -0.481 e. The zero-order chi connectivity index (χ0) is 12.9. The van der Waals surface area contributed by atoms with E-state index in [1.807, 2.05) is 18.3 Å². The summed E-state index contributed by atoms with van der Waals surface area (Å²) in [7, 11) is 0. The van der Waals surface area contributed by atoms with Gasteiger partial charge in [0, 0.05) is 18.1 Å². The van der Waals surface area contributed by atoms with Crippen LogP contribution in [0.4, 0.5) is 0 Å². The van der Waals surface area contributed by atoms with Crippen LogP contribution >= 0.6 is 0 Å². The van der Waals surface area contributed by atoms with Gasteiger partial charge < -0.3 is 9.67 Å². The summed E-state index contributed by atoms with van der Waals surface area (Å²) >= 11 is 0. The van der Waals surface area contributed by atoms with Crippen LogP contribution in [0.15, 0.2) is 24.4 Å². The van der Waals surface area contributed by atoms with Gasteiger partial charge in [-0.25, -0.2) is 0 Å². The molecule has 0 bridgehead atoms. The zero-order valence-electron chi connectivity index (χ0n) is 10.7. The summed E-state index contributed by atoms with van der Waals surface area (Å²) in [6.07, 6.45) is 4.25. The van der Waals surface area contributed by atoms with Gasteiger partial charge in [-0.05, 0) is 37.8 Å². The summed E-state index contributed by atoms with van der Waals surface area (Å²) in [5.41, 5.74) is 2.65. The second-order valence-electron chi connectivity index (χ2n) is 5.58. The topological polar surface area (TPSA) is 42.2 Å². The lowest BCUT2D eigenvalue weighted by atomic mass is 9.84. The van der Waals surface area contributed by atoms with Crippen molar-refractivity contribution in [1.29, 1.82) is 0 Å². The lowest BCUT2D eigenvalue weighted by Gasteiger charge is -2.18. The van der Waals surface area contributed by atoms with Crippen molar-refractivity contribution in [2.24, 2.45) is 0 Å². The van der Waals surface area contributed by atoms with E-state index < -0.39 is 11.4 Å². The molecular formula is C15H17NO2. The molecule has 94 valence electrons. The maximum Gasteiger partial charge on any atom is 0.313 e. The van der Waals surface area contributed by atoms with E-state index in [-0.39, 0.29) is 0 Å². The number of para-hydroxylation sites is 1. The van der Waals surface area contributed by atoms with Crippen LogP contribution in [0.3, 0.4) is 0 Å². The van der Waals surface area contributed by atoms with Crippen molar-refractivity contribution in [3.05, 3.63) is 35.5 Å². The molecule has 3 rings (SSSR count). The monoisotopic (exact) mass is 243 g/mol. The molecule has 0 saturated heterocycles. The molecule has 18 heavy (non-hydrogen) atoms. The fourth-order valence-electron chi connectivity index (χ4n) is 2.87. The fraction of sp³-hybridized carbons (Fsp3) is 0.400. The number of carbonyl (C=O) groups is 1. The lowest BCUT2D eigenvalue weighted by molar-refractivity contribution is -0.142. The van der Waals surface area contributed by atoms with E-state index >= 15 is 0 Å². The Morgan fingerprint density at radius 3 is 2.89 bits per heavy atom. The van der Waals surface area contributed by atoms with Gasteiger partial charge in [-0.1, -0.05) is 18.2 Å². The highest BCUT2D eigenvalue weighted by Crippen LogP contribution is 2.36. The molecule has 2 heterocycles. The minimum absolute atomic E-state index is 0.772. The van der Waals surface area contributed by atoms with E-state index in [1.165, 1.54) is 11.1 Å². The highest BCUT2D eigenvalue weighted by Gasteiger charge is 2.33. The van der Waals surface area contributed by atoms with Crippen molar-refractivity contribution in [1.82, 2.24) is 4.57 Å². The van der Waals surface area contributed by atoms with Gasteiger partial charge in [-0.3, -0.25) is 4.79 Å². The van der Waals surface area contributed by atoms with E-state index in [4.69, 9.17) is 0 Å². The largest absolute Gasteiger partial charge is 0.481 e. The molecule has 0 fully saturated rings. The summed E-state index contributed by atoms with van der Waals surface area (Å²) in [5.74, 6) is -0.772. The Labute approximate surface area is 106 Å². The predicted octanol–water partition coefficient (Wildman–Crippen LogP) is 2.95. The second-order valence-corrected chi connectivity index (χ2v) is 5.58. The number of aryl methyl sites for hydroxylation is 2. The molecule has 1 aromatic carbocycles. The van der Waals surface area contributed by atoms with Gasteiger partial charge in [0.2, 0.25) is 0 Å². The standard InChI is InChI=1S/C15H17NO2/c1-15(2,14(17)18)12-9-16-8-4-6-10-5-3-7-11(12)13(10)16/h3,5,7,9H,4,6,8H2,1-2H3,(H,17,18). The molecule has 0 aliphatic carbocycles. The minimum atomic E-state index is -0.841. The molecule has 0 atom stereocenters. The quantitative estimate of drug-likeness (QED) is 0.881. The Morgan fingerprint density at radius 1 is 1.39 bits per heavy atom. The van der Waals surface area contributed by atoms with Crippen LogP contribution in [0.5, 0.6) is 0 Å². The average molecular weight is 243 g/mol. The van der Waals surface area contributed by atoms with E-state index in [0.717, 1.165) is 30.3 Å². The SMILES string of the molecule is CC(C)(C(=O)O)c1cn2c3c(cccc13)CCC2. The van der Waals surface area contributed by atoms with Crippen molar-refractivity contribution in [2.75, 3.05) is 0 Å². The maximum absolute atomic E-state index is 11.5. The summed E-state index contributed by atoms with van der Waals surface area (Å²) < 4.78 is 2.22. The van der Waals surface area contributed by atoms with Crippen LogP contribution < -0.4 is 0 Å². The maximum atomic E-state index is 11.5. The molecule has 0 spiro atoms. The normalized spacial score (nSPS) is 15.0. The molecule has 2 aromatic rings. The van der Waals surface area contributed by atoms with Gasteiger partial charge in [0.25, 0.3) is 0 Å². The molecule has 1 aromatic heterocycles. The van der Waals surface area contributed by atoms with Crippen LogP contribution in [-0.4, -0.2) is 15.6 Å². The summed E-state index contributed by atoms with van der Waals surface area (Å²) in [5, 5.41) is 10.5. The summed E-state index contributed by atoms with van der Waals surface area (Å²) in [6, 6.07) is 6.23. The van der Waals surface area contributed by atoms with E-state index in [1.54, 1.807) is 13.8 Å². The summed E-state index contributed by atoms with van der Waals surface area (Å²) in [4.78, 5) is 11.5. The molecular weight excluding hydrogens is 226 g/mol. The Bertz CT molecular complexity index is 637. The van der Waals surface area contributed by atoms with Crippen LogP contribution in [0, 0.1) is 0 Å². The first-order valence-corrected chi connectivity index (χ1v) is 6.36. The van der Waals surface area contributed by atoms with Crippen molar-refractivity contribution in [3.63, 3.8) is 0 Å². The highest BCUT2D eigenvalue weighted by atomic mass is 16.4. The van der Waals surface area contributed by atoms with Gasteiger partial charge in [0.05, 0.1) is 10.9 Å². The van der Waals surface area contributed by atoms with Gasteiger partial charge in [0.1, 0.15) is 0 Å². The molecule has 0 saturated carbocycles. The van der Waals surface area contributed by atoms with Gasteiger partial charge >= 0.3 is 5.97 Å². The molecule has 1 N–H and O–H groups in total. The average Bonchev–Trinajstić information content (AvgIpc) is 2.72. The summed E-state index contributed by atoms with van der Waals surface area (Å²) in [6.45, 7) is 4.54. The highest BCUT2D eigenvalue weighted by molar-refractivity contribution is 5.93. The zero-order valence-corrected chi connectivity index (χ0v) is 10.7. The van der Waals surface area contributed by atoms with Gasteiger partial charge in [-0.15, -0.1) is 0 Å². The number of nitrogens with zero attached hydrogens (tertiary/aromatic N) is 1. The smallest absolute Gasteiger partial charge is 0.313 e. The number of rotatable bonds is 2. The second kappa shape index (κ2) is 3.61. The number of carboxylic acid groups (broad SMARTS) is 1. The fourth-order valence-corrected chi connectivity index (χ4v) is 2.87. The van der Waals surface area contributed by atoms with Crippen LogP contribution in [0.1, 0.15) is 31.4 Å². The number of carboxylic acids is 1.